The van der Waals surface area contributed by atoms with Crippen molar-refractivity contribution < 1.29 is 4.74 Å². The topological polar surface area (TPSA) is 38.5 Å². The van der Waals surface area contributed by atoms with Crippen molar-refractivity contribution in [3.05, 3.63) is 35.4 Å². The second-order valence-electron chi connectivity index (χ2n) is 6.71. The van der Waals surface area contributed by atoms with Gasteiger partial charge in [0.25, 0.3) is 0 Å². The number of nitrogens with two attached hydrogens (primary N) is 1. The fourth-order valence-corrected chi connectivity index (χ4v) is 3.52. The Morgan fingerprint density at radius 1 is 1.29 bits per heavy atom. The predicted molar refractivity (Wildman–Crippen MR) is 88.5 cm³/mol. The van der Waals surface area contributed by atoms with Gasteiger partial charge in [-0.3, -0.25) is 4.90 Å². The van der Waals surface area contributed by atoms with Gasteiger partial charge >= 0.3 is 0 Å². The van der Waals surface area contributed by atoms with Crippen LogP contribution < -0.4 is 5.73 Å². The van der Waals surface area contributed by atoms with Gasteiger partial charge in [-0.1, -0.05) is 38.1 Å². The molecule has 0 aromatic heterocycles. The highest BCUT2D eigenvalue weighted by atomic mass is 16.5. The Hall–Kier alpha value is -0.900. The maximum Gasteiger partial charge on any atom is 0.0589 e. The first-order valence-electron chi connectivity index (χ1n) is 8.12. The van der Waals surface area contributed by atoms with Gasteiger partial charge < -0.3 is 10.5 Å². The molecule has 0 amide bonds. The fourth-order valence-electron chi connectivity index (χ4n) is 3.52. The summed E-state index contributed by atoms with van der Waals surface area (Å²) in [4.78, 5) is 2.58. The first-order valence-corrected chi connectivity index (χ1v) is 8.12. The quantitative estimate of drug-likeness (QED) is 0.838. The van der Waals surface area contributed by atoms with Crippen molar-refractivity contribution in [3.63, 3.8) is 0 Å². The average Bonchev–Trinajstić information content (AvgIpc) is 2.50. The molecule has 0 radical (unpaired) electrons. The van der Waals surface area contributed by atoms with Gasteiger partial charge in [-0.15, -0.1) is 0 Å². The van der Waals surface area contributed by atoms with Crippen LogP contribution >= 0.6 is 0 Å². The van der Waals surface area contributed by atoms with E-state index in [-0.39, 0.29) is 5.54 Å². The summed E-state index contributed by atoms with van der Waals surface area (Å²) < 4.78 is 5.32. The maximum absolute atomic E-state index is 6.26. The SMILES string of the molecule is COCCN(CC(C)C)C1(CN)CCc2ccccc2C1. The van der Waals surface area contributed by atoms with E-state index in [0.29, 0.717) is 5.92 Å². The molecule has 0 fully saturated rings. The number of aryl methyl sites for hydroxylation is 1. The van der Waals surface area contributed by atoms with Crippen LogP contribution in [0.3, 0.4) is 0 Å². The minimum Gasteiger partial charge on any atom is -0.383 e. The largest absolute Gasteiger partial charge is 0.383 e. The van der Waals surface area contributed by atoms with E-state index in [1.54, 1.807) is 7.11 Å². The van der Waals surface area contributed by atoms with Crippen LogP contribution in [-0.2, 0) is 17.6 Å². The van der Waals surface area contributed by atoms with Gasteiger partial charge in [-0.2, -0.15) is 0 Å². The highest BCUT2D eigenvalue weighted by Crippen LogP contribution is 2.33. The first kappa shape index (κ1) is 16.5. The van der Waals surface area contributed by atoms with Gasteiger partial charge in [0, 0.05) is 32.3 Å². The van der Waals surface area contributed by atoms with Crippen molar-refractivity contribution in [2.45, 2.75) is 38.6 Å². The Kier molecular flexibility index (Phi) is 5.80. The molecule has 2 rings (SSSR count). The minimum atomic E-state index is 0.0944. The van der Waals surface area contributed by atoms with Crippen LogP contribution in [0, 0.1) is 5.92 Å². The summed E-state index contributed by atoms with van der Waals surface area (Å²) >= 11 is 0. The number of methoxy groups -OCH3 is 1. The summed E-state index contributed by atoms with van der Waals surface area (Å²) in [5.41, 5.74) is 9.33. The zero-order valence-electron chi connectivity index (χ0n) is 13.8. The summed E-state index contributed by atoms with van der Waals surface area (Å²) in [7, 11) is 1.78. The molecule has 1 unspecified atom stereocenters. The van der Waals surface area contributed by atoms with Crippen LogP contribution in [0.2, 0.25) is 0 Å². The van der Waals surface area contributed by atoms with Gasteiger partial charge in [0.2, 0.25) is 0 Å². The second-order valence-corrected chi connectivity index (χ2v) is 6.71. The molecule has 0 bridgehead atoms. The van der Waals surface area contributed by atoms with E-state index in [1.807, 2.05) is 0 Å². The molecule has 0 aliphatic heterocycles. The molecular formula is C18H30N2O. The minimum absolute atomic E-state index is 0.0944. The van der Waals surface area contributed by atoms with Crippen LogP contribution in [0.4, 0.5) is 0 Å². The van der Waals surface area contributed by atoms with Crippen molar-refractivity contribution >= 4 is 0 Å². The molecule has 0 heterocycles. The van der Waals surface area contributed by atoms with Crippen LogP contribution in [0.1, 0.15) is 31.4 Å². The predicted octanol–water partition coefficient (Wildman–Crippen LogP) is 2.48. The van der Waals surface area contributed by atoms with Crippen molar-refractivity contribution in [3.8, 4) is 0 Å². The number of rotatable bonds is 7. The Balaban J connectivity index is 2.22. The van der Waals surface area contributed by atoms with Crippen molar-refractivity contribution in [2.24, 2.45) is 11.7 Å². The molecule has 3 nitrogen and oxygen atoms in total. The lowest BCUT2D eigenvalue weighted by molar-refractivity contribution is 0.0402. The van der Waals surface area contributed by atoms with Crippen LogP contribution in [-0.4, -0.2) is 43.8 Å². The van der Waals surface area contributed by atoms with E-state index in [0.717, 1.165) is 45.5 Å². The smallest absolute Gasteiger partial charge is 0.0589 e. The summed E-state index contributed by atoms with van der Waals surface area (Å²) in [6.07, 6.45) is 3.35. The monoisotopic (exact) mass is 290 g/mol. The maximum atomic E-state index is 6.26. The molecule has 2 N–H and O–H groups in total. The zero-order valence-corrected chi connectivity index (χ0v) is 13.8. The number of ether oxygens (including phenoxy) is 1. The second kappa shape index (κ2) is 7.39. The van der Waals surface area contributed by atoms with Crippen molar-refractivity contribution in [1.29, 1.82) is 0 Å². The third-order valence-electron chi connectivity index (χ3n) is 4.70. The normalized spacial score (nSPS) is 21.8. The molecule has 1 aliphatic carbocycles. The van der Waals surface area contributed by atoms with Crippen molar-refractivity contribution in [1.82, 2.24) is 4.90 Å². The highest BCUT2D eigenvalue weighted by Gasteiger charge is 2.38. The van der Waals surface area contributed by atoms with Gasteiger partial charge in [-0.05, 0) is 36.3 Å². The van der Waals surface area contributed by atoms with Crippen LogP contribution in [0.25, 0.3) is 0 Å². The molecule has 0 saturated carbocycles. The van der Waals surface area contributed by atoms with E-state index in [2.05, 4.69) is 43.0 Å². The lowest BCUT2D eigenvalue weighted by Gasteiger charge is -2.47. The standard InChI is InChI=1S/C18H30N2O/c1-15(2)13-20(10-11-21-3)18(14-19)9-8-16-6-4-5-7-17(16)12-18/h4-7,15H,8-14,19H2,1-3H3. The van der Waals surface area contributed by atoms with E-state index in [4.69, 9.17) is 10.5 Å². The van der Waals surface area contributed by atoms with E-state index >= 15 is 0 Å². The summed E-state index contributed by atoms with van der Waals surface area (Å²) in [6.45, 7) is 8.10. The average molecular weight is 290 g/mol. The zero-order chi connectivity index (χ0) is 15.3. The fraction of sp³-hybridized carbons (Fsp3) is 0.667. The number of fused-ring (bicyclic) bond motifs is 1. The molecule has 1 aromatic rings. The van der Waals surface area contributed by atoms with Gasteiger partial charge in [0.1, 0.15) is 0 Å². The molecular weight excluding hydrogens is 260 g/mol. The molecule has 118 valence electrons. The summed E-state index contributed by atoms with van der Waals surface area (Å²) in [5.74, 6) is 0.641. The lowest BCUT2D eigenvalue weighted by atomic mass is 9.76. The van der Waals surface area contributed by atoms with Crippen LogP contribution in [0.5, 0.6) is 0 Å². The Morgan fingerprint density at radius 2 is 2.00 bits per heavy atom. The van der Waals surface area contributed by atoms with E-state index in [1.165, 1.54) is 11.1 Å². The third-order valence-corrected chi connectivity index (χ3v) is 4.70. The summed E-state index contributed by atoms with van der Waals surface area (Å²) in [5, 5.41) is 0. The Morgan fingerprint density at radius 3 is 2.62 bits per heavy atom. The Bertz CT molecular complexity index is 447. The molecule has 0 saturated heterocycles. The van der Waals surface area contributed by atoms with E-state index in [9.17, 15) is 0 Å². The highest BCUT2D eigenvalue weighted by molar-refractivity contribution is 5.32. The van der Waals surface area contributed by atoms with Gasteiger partial charge in [0.05, 0.1) is 6.61 Å². The number of hydrogen-bond donors (Lipinski definition) is 1. The molecule has 1 aliphatic rings. The number of benzene rings is 1. The third kappa shape index (κ3) is 3.85. The van der Waals surface area contributed by atoms with E-state index < -0.39 is 0 Å². The lowest BCUT2D eigenvalue weighted by Crippen LogP contribution is -2.58. The number of hydrogen-bond acceptors (Lipinski definition) is 3. The van der Waals surface area contributed by atoms with Gasteiger partial charge in [0.15, 0.2) is 0 Å². The van der Waals surface area contributed by atoms with Gasteiger partial charge in [-0.25, -0.2) is 0 Å². The number of nitrogens with zero attached hydrogens (tertiary/aromatic N) is 1. The van der Waals surface area contributed by atoms with Crippen LogP contribution in [0.15, 0.2) is 24.3 Å². The first-order chi connectivity index (χ1) is 10.1. The molecule has 1 aromatic carbocycles. The Labute approximate surface area is 129 Å². The molecule has 21 heavy (non-hydrogen) atoms. The summed E-state index contributed by atoms with van der Waals surface area (Å²) in [6, 6.07) is 8.82. The molecule has 3 heteroatoms. The molecule has 0 spiro atoms. The molecule has 1 atom stereocenters. The van der Waals surface area contributed by atoms with Crippen molar-refractivity contribution in [2.75, 3.05) is 33.4 Å².